The molecule has 1 aromatic carbocycles. The molecule has 0 saturated carbocycles. The maximum absolute atomic E-state index is 6.40. The molecular formula is C14H20ClNO2. The normalized spacial score (nSPS) is 11.3. The van der Waals surface area contributed by atoms with Gasteiger partial charge in [0.25, 0.3) is 0 Å². The zero-order chi connectivity index (χ0) is 13.7. The van der Waals surface area contributed by atoms with Crippen LogP contribution < -0.4 is 15.2 Å². The number of benzene rings is 1. The summed E-state index contributed by atoms with van der Waals surface area (Å²) in [5.41, 5.74) is 7.54. The van der Waals surface area contributed by atoms with Crippen LogP contribution in [0.3, 0.4) is 0 Å². The molecule has 100 valence electrons. The summed E-state index contributed by atoms with van der Waals surface area (Å²) in [7, 11) is 3.18. The predicted molar refractivity (Wildman–Crippen MR) is 76.7 cm³/mol. The van der Waals surface area contributed by atoms with E-state index in [1.54, 1.807) is 14.2 Å². The van der Waals surface area contributed by atoms with Crippen LogP contribution in [0.15, 0.2) is 12.1 Å². The molecule has 0 spiro atoms. The largest absolute Gasteiger partial charge is 0.493 e. The number of rotatable bonds is 5. The van der Waals surface area contributed by atoms with E-state index in [0.29, 0.717) is 23.1 Å². The highest BCUT2D eigenvalue weighted by Crippen LogP contribution is 2.42. The number of methoxy groups -OCH3 is 2. The molecule has 0 aliphatic carbocycles. The topological polar surface area (TPSA) is 44.5 Å². The van der Waals surface area contributed by atoms with Crippen molar-refractivity contribution < 1.29 is 9.47 Å². The fourth-order valence-corrected chi connectivity index (χ4v) is 2.40. The van der Waals surface area contributed by atoms with Gasteiger partial charge in [0.15, 0.2) is 11.5 Å². The number of hydrogen-bond donors (Lipinski definition) is 1. The molecule has 2 N–H and O–H groups in total. The number of halogens is 1. The Morgan fingerprint density at radius 3 is 2.44 bits per heavy atom. The molecule has 3 nitrogen and oxygen atoms in total. The molecule has 0 atom stereocenters. The average Bonchev–Trinajstić information content (AvgIpc) is 2.34. The quantitative estimate of drug-likeness (QED) is 0.890. The second-order valence-electron chi connectivity index (χ2n) is 4.22. The van der Waals surface area contributed by atoms with E-state index in [9.17, 15) is 0 Å². The third kappa shape index (κ3) is 2.98. The minimum atomic E-state index is 0.287. The molecule has 0 amide bonds. The Morgan fingerprint density at radius 1 is 1.33 bits per heavy atom. The van der Waals surface area contributed by atoms with E-state index in [1.807, 2.05) is 18.2 Å². The van der Waals surface area contributed by atoms with Crippen LogP contribution in [0, 0.1) is 0 Å². The van der Waals surface area contributed by atoms with E-state index >= 15 is 0 Å². The SMILES string of the molecule is COc1cc(/C=C/CN)c(C(C)C)c(Cl)c1OC. The van der Waals surface area contributed by atoms with Gasteiger partial charge in [0, 0.05) is 6.54 Å². The van der Waals surface area contributed by atoms with Crippen molar-refractivity contribution in [2.75, 3.05) is 20.8 Å². The molecular weight excluding hydrogens is 250 g/mol. The summed E-state index contributed by atoms with van der Waals surface area (Å²) in [5, 5.41) is 0.600. The Morgan fingerprint density at radius 2 is 2.00 bits per heavy atom. The van der Waals surface area contributed by atoms with Gasteiger partial charge in [-0.3, -0.25) is 0 Å². The second-order valence-corrected chi connectivity index (χ2v) is 4.60. The van der Waals surface area contributed by atoms with E-state index in [-0.39, 0.29) is 5.92 Å². The molecule has 0 heterocycles. The smallest absolute Gasteiger partial charge is 0.179 e. The van der Waals surface area contributed by atoms with Crippen LogP contribution in [0.4, 0.5) is 0 Å². The molecule has 0 saturated heterocycles. The van der Waals surface area contributed by atoms with Crippen molar-refractivity contribution in [3.05, 3.63) is 28.3 Å². The zero-order valence-electron chi connectivity index (χ0n) is 11.3. The lowest BCUT2D eigenvalue weighted by atomic mass is 9.95. The molecule has 4 heteroatoms. The molecule has 0 unspecified atom stereocenters. The van der Waals surface area contributed by atoms with E-state index in [4.69, 9.17) is 26.8 Å². The van der Waals surface area contributed by atoms with E-state index in [2.05, 4.69) is 13.8 Å². The minimum absolute atomic E-state index is 0.287. The Bertz CT molecular complexity index is 442. The summed E-state index contributed by atoms with van der Waals surface area (Å²) in [6, 6.07) is 1.92. The Labute approximate surface area is 114 Å². The summed E-state index contributed by atoms with van der Waals surface area (Å²) in [6.07, 6.45) is 3.85. The maximum atomic E-state index is 6.40. The first-order valence-electron chi connectivity index (χ1n) is 5.87. The Kier molecular flexibility index (Phi) is 5.51. The van der Waals surface area contributed by atoms with Gasteiger partial charge in [-0.2, -0.15) is 0 Å². The molecule has 0 aliphatic rings. The lowest BCUT2D eigenvalue weighted by Crippen LogP contribution is -2.00. The van der Waals surface area contributed by atoms with Crippen LogP contribution in [0.5, 0.6) is 11.5 Å². The van der Waals surface area contributed by atoms with Crippen molar-refractivity contribution in [3.63, 3.8) is 0 Å². The summed E-state index contributed by atoms with van der Waals surface area (Å²) in [4.78, 5) is 0. The first kappa shape index (κ1) is 14.9. The highest BCUT2D eigenvalue weighted by atomic mass is 35.5. The first-order chi connectivity index (χ1) is 8.56. The predicted octanol–water partition coefficient (Wildman–Crippen LogP) is 3.45. The molecule has 0 aromatic heterocycles. The standard InChI is InChI=1S/C14H20ClNO2/c1-9(2)12-10(6-5-7-16)8-11(17-3)14(18-4)13(12)15/h5-6,8-9H,7,16H2,1-4H3/b6-5+. The third-order valence-electron chi connectivity index (χ3n) is 2.69. The monoisotopic (exact) mass is 269 g/mol. The molecule has 1 rings (SSSR count). The Hall–Kier alpha value is -1.19. The lowest BCUT2D eigenvalue weighted by molar-refractivity contribution is 0.354. The van der Waals surface area contributed by atoms with Crippen LogP contribution in [0.25, 0.3) is 6.08 Å². The van der Waals surface area contributed by atoms with E-state index in [1.165, 1.54) is 0 Å². The average molecular weight is 270 g/mol. The fourth-order valence-electron chi connectivity index (χ4n) is 1.90. The molecule has 0 bridgehead atoms. The fraction of sp³-hybridized carbons (Fsp3) is 0.429. The van der Waals surface area contributed by atoms with Gasteiger partial charge in [0.1, 0.15) is 0 Å². The van der Waals surface area contributed by atoms with Gasteiger partial charge < -0.3 is 15.2 Å². The van der Waals surface area contributed by atoms with Gasteiger partial charge in [0.2, 0.25) is 0 Å². The van der Waals surface area contributed by atoms with Crippen molar-refractivity contribution in [2.45, 2.75) is 19.8 Å². The van der Waals surface area contributed by atoms with Gasteiger partial charge in [-0.25, -0.2) is 0 Å². The molecule has 0 fully saturated rings. The maximum Gasteiger partial charge on any atom is 0.179 e. The summed E-state index contributed by atoms with van der Waals surface area (Å²) < 4.78 is 10.6. The lowest BCUT2D eigenvalue weighted by Gasteiger charge is -2.18. The van der Waals surface area contributed by atoms with Crippen molar-refractivity contribution >= 4 is 17.7 Å². The van der Waals surface area contributed by atoms with Crippen molar-refractivity contribution in [2.24, 2.45) is 5.73 Å². The zero-order valence-corrected chi connectivity index (χ0v) is 12.0. The number of hydrogen-bond acceptors (Lipinski definition) is 3. The van der Waals surface area contributed by atoms with Crippen LogP contribution >= 0.6 is 11.6 Å². The van der Waals surface area contributed by atoms with Crippen LogP contribution in [-0.2, 0) is 0 Å². The molecule has 0 radical (unpaired) electrons. The van der Waals surface area contributed by atoms with Crippen molar-refractivity contribution in [3.8, 4) is 11.5 Å². The third-order valence-corrected chi connectivity index (χ3v) is 3.07. The van der Waals surface area contributed by atoms with Gasteiger partial charge in [-0.1, -0.05) is 37.6 Å². The van der Waals surface area contributed by atoms with Crippen LogP contribution in [-0.4, -0.2) is 20.8 Å². The molecule has 18 heavy (non-hydrogen) atoms. The summed E-state index contributed by atoms with van der Waals surface area (Å²) in [6.45, 7) is 4.67. The van der Waals surface area contributed by atoms with Gasteiger partial charge in [-0.15, -0.1) is 0 Å². The van der Waals surface area contributed by atoms with E-state index < -0.39 is 0 Å². The second kappa shape index (κ2) is 6.66. The minimum Gasteiger partial charge on any atom is -0.493 e. The van der Waals surface area contributed by atoms with Gasteiger partial charge >= 0.3 is 0 Å². The number of nitrogens with two attached hydrogens (primary N) is 1. The van der Waals surface area contributed by atoms with Gasteiger partial charge in [0.05, 0.1) is 19.2 Å². The van der Waals surface area contributed by atoms with E-state index in [0.717, 1.165) is 11.1 Å². The van der Waals surface area contributed by atoms with Crippen molar-refractivity contribution in [1.82, 2.24) is 0 Å². The summed E-state index contributed by atoms with van der Waals surface area (Å²) >= 11 is 6.40. The number of ether oxygens (including phenoxy) is 2. The van der Waals surface area contributed by atoms with Gasteiger partial charge in [-0.05, 0) is 23.1 Å². The van der Waals surface area contributed by atoms with Crippen molar-refractivity contribution in [1.29, 1.82) is 0 Å². The molecule has 0 aliphatic heterocycles. The highest BCUT2D eigenvalue weighted by molar-refractivity contribution is 6.33. The summed E-state index contributed by atoms with van der Waals surface area (Å²) in [5.74, 6) is 1.49. The van der Waals surface area contributed by atoms with Crippen LogP contribution in [0.1, 0.15) is 30.9 Å². The Balaban J connectivity index is 3.49. The highest BCUT2D eigenvalue weighted by Gasteiger charge is 2.18. The molecule has 1 aromatic rings. The van der Waals surface area contributed by atoms with Crippen LogP contribution in [0.2, 0.25) is 5.02 Å². The first-order valence-corrected chi connectivity index (χ1v) is 6.25.